The van der Waals surface area contributed by atoms with Crippen LogP contribution in [-0.2, 0) is 7.05 Å². The summed E-state index contributed by atoms with van der Waals surface area (Å²) in [5, 5.41) is 12.2. The zero-order chi connectivity index (χ0) is 19.8. The summed E-state index contributed by atoms with van der Waals surface area (Å²) in [5.74, 6) is 1.10. The smallest absolute Gasteiger partial charge is 0.274 e. The van der Waals surface area contributed by atoms with E-state index in [0.29, 0.717) is 39.1 Å². The van der Waals surface area contributed by atoms with Crippen LogP contribution < -0.4 is 10.3 Å². The zero-order valence-electron chi connectivity index (χ0n) is 15.3. The molecule has 0 aliphatic heterocycles. The number of ether oxygens (including phenoxy) is 1. The number of fused-ring (bicyclic) bond motifs is 1. The first-order valence-corrected chi connectivity index (χ1v) is 8.64. The van der Waals surface area contributed by atoms with Gasteiger partial charge in [0.05, 0.1) is 4.92 Å². The lowest BCUT2D eigenvalue weighted by molar-refractivity contribution is -0.385. The maximum atomic E-state index is 12.4. The third-order valence-corrected chi connectivity index (χ3v) is 4.65. The van der Waals surface area contributed by atoms with Gasteiger partial charge in [0.25, 0.3) is 11.2 Å². The molecule has 4 aromatic rings. The van der Waals surface area contributed by atoms with Crippen molar-refractivity contribution in [3.63, 3.8) is 0 Å². The zero-order valence-corrected chi connectivity index (χ0v) is 15.3. The normalized spacial score (nSPS) is 10.9. The van der Waals surface area contributed by atoms with Gasteiger partial charge >= 0.3 is 0 Å². The number of aryl methyl sites for hydroxylation is 2. The number of nitro benzene ring substituents is 1. The van der Waals surface area contributed by atoms with Gasteiger partial charge in [-0.05, 0) is 31.2 Å². The Kier molecular flexibility index (Phi) is 4.19. The third kappa shape index (κ3) is 2.92. The first kappa shape index (κ1) is 17.5. The first-order valence-electron chi connectivity index (χ1n) is 8.64. The van der Waals surface area contributed by atoms with Gasteiger partial charge in [0.15, 0.2) is 0 Å². The molecule has 0 fully saturated rings. The van der Waals surface area contributed by atoms with E-state index in [1.54, 1.807) is 38.5 Å². The van der Waals surface area contributed by atoms with E-state index in [2.05, 4.69) is 4.98 Å². The summed E-state index contributed by atoms with van der Waals surface area (Å²) in [5.41, 5.74) is 1.97. The molecule has 2 heterocycles. The van der Waals surface area contributed by atoms with E-state index in [-0.39, 0.29) is 11.2 Å². The quantitative estimate of drug-likeness (QED) is 0.419. The molecule has 0 aliphatic rings. The number of aromatic amines is 1. The van der Waals surface area contributed by atoms with E-state index in [1.165, 1.54) is 10.6 Å². The Morgan fingerprint density at radius 2 is 1.86 bits per heavy atom. The van der Waals surface area contributed by atoms with Crippen LogP contribution in [0, 0.1) is 17.0 Å². The number of benzene rings is 2. The molecule has 7 heteroatoms. The lowest BCUT2D eigenvalue weighted by atomic mass is 10.00. The molecule has 2 aromatic carbocycles. The highest BCUT2D eigenvalue weighted by molar-refractivity contribution is 5.96. The maximum Gasteiger partial charge on any atom is 0.274 e. The average Bonchev–Trinajstić information content (AvgIpc) is 3.16. The Morgan fingerprint density at radius 3 is 2.57 bits per heavy atom. The molecule has 0 aliphatic carbocycles. The summed E-state index contributed by atoms with van der Waals surface area (Å²) in [6, 6.07) is 14.1. The highest BCUT2D eigenvalue weighted by Crippen LogP contribution is 2.40. The number of nitro groups is 1. The van der Waals surface area contributed by atoms with Gasteiger partial charge in [-0.1, -0.05) is 18.2 Å². The second-order valence-electron chi connectivity index (χ2n) is 6.53. The highest BCUT2D eigenvalue weighted by Gasteiger charge is 2.21. The largest absolute Gasteiger partial charge is 0.457 e. The predicted octanol–water partition coefficient (Wildman–Crippen LogP) is 4.54. The molecule has 0 radical (unpaired) electrons. The van der Waals surface area contributed by atoms with Crippen LogP contribution in [0.2, 0.25) is 0 Å². The van der Waals surface area contributed by atoms with Crippen LogP contribution >= 0.6 is 0 Å². The van der Waals surface area contributed by atoms with E-state index >= 15 is 0 Å². The molecule has 0 unspecified atom stereocenters. The molecule has 0 bridgehead atoms. The highest BCUT2D eigenvalue weighted by atomic mass is 16.6. The second-order valence-corrected chi connectivity index (χ2v) is 6.53. The van der Waals surface area contributed by atoms with E-state index in [4.69, 9.17) is 4.74 Å². The van der Waals surface area contributed by atoms with Crippen molar-refractivity contribution in [1.29, 1.82) is 0 Å². The van der Waals surface area contributed by atoms with Gasteiger partial charge in [-0.3, -0.25) is 14.9 Å². The molecule has 0 atom stereocenters. The molecule has 28 heavy (non-hydrogen) atoms. The van der Waals surface area contributed by atoms with Crippen molar-refractivity contribution >= 4 is 16.6 Å². The number of H-pyrrole nitrogens is 1. The number of hydrogen-bond donors (Lipinski definition) is 1. The topological polar surface area (TPSA) is 90.2 Å². The Morgan fingerprint density at radius 1 is 1.11 bits per heavy atom. The minimum absolute atomic E-state index is 0.00653. The van der Waals surface area contributed by atoms with Gasteiger partial charge in [0, 0.05) is 47.6 Å². The SMILES string of the molecule is Cc1cc(Oc2ccccc2)c(-c2cn(C)c(=O)c3[nH]ccc23)cc1[N+](=O)[O-]. The van der Waals surface area contributed by atoms with Gasteiger partial charge in [0.2, 0.25) is 0 Å². The fourth-order valence-electron chi connectivity index (χ4n) is 3.26. The third-order valence-electron chi connectivity index (χ3n) is 4.65. The van der Waals surface area contributed by atoms with Crippen molar-refractivity contribution < 1.29 is 9.66 Å². The first-order chi connectivity index (χ1) is 13.5. The van der Waals surface area contributed by atoms with Gasteiger partial charge < -0.3 is 14.3 Å². The number of rotatable bonds is 4. The van der Waals surface area contributed by atoms with Crippen molar-refractivity contribution in [2.45, 2.75) is 6.92 Å². The van der Waals surface area contributed by atoms with E-state index in [9.17, 15) is 14.9 Å². The van der Waals surface area contributed by atoms with Crippen molar-refractivity contribution in [2.75, 3.05) is 0 Å². The second kappa shape index (κ2) is 6.70. The Hall–Kier alpha value is -3.87. The molecule has 0 saturated carbocycles. The van der Waals surface area contributed by atoms with Crippen molar-refractivity contribution in [3.8, 4) is 22.6 Å². The summed E-state index contributed by atoms with van der Waals surface area (Å²) in [7, 11) is 1.65. The van der Waals surface area contributed by atoms with Crippen molar-refractivity contribution in [1.82, 2.24) is 9.55 Å². The minimum Gasteiger partial charge on any atom is -0.457 e. The Bertz CT molecular complexity index is 1260. The summed E-state index contributed by atoms with van der Waals surface area (Å²) < 4.78 is 7.51. The predicted molar refractivity (Wildman–Crippen MR) is 107 cm³/mol. The fraction of sp³-hybridized carbons (Fsp3) is 0.0952. The lowest BCUT2D eigenvalue weighted by Crippen LogP contribution is -2.16. The number of nitrogens with zero attached hydrogens (tertiary/aromatic N) is 2. The van der Waals surface area contributed by atoms with Gasteiger partial charge in [0.1, 0.15) is 17.0 Å². The van der Waals surface area contributed by atoms with Crippen LogP contribution in [0.15, 0.2) is 65.7 Å². The molecular weight excluding hydrogens is 358 g/mol. The molecule has 7 nitrogen and oxygen atoms in total. The summed E-state index contributed by atoms with van der Waals surface area (Å²) in [6.45, 7) is 1.67. The number of hydrogen-bond acceptors (Lipinski definition) is 4. The van der Waals surface area contributed by atoms with Gasteiger partial charge in [-0.15, -0.1) is 0 Å². The van der Waals surface area contributed by atoms with Crippen LogP contribution in [-0.4, -0.2) is 14.5 Å². The number of pyridine rings is 1. The summed E-state index contributed by atoms with van der Waals surface area (Å²) in [6.07, 6.45) is 3.35. The van der Waals surface area contributed by atoms with Crippen LogP contribution in [0.3, 0.4) is 0 Å². The van der Waals surface area contributed by atoms with Crippen molar-refractivity contribution in [2.24, 2.45) is 7.05 Å². The molecular formula is C21H17N3O4. The van der Waals surface area contributed by atoms with Crippen LogP contribution in [0.5, 0.6) is 11.5 Å². The average molecular weight is 375 g/mol. The molecule has 1 N–H and O–H groups in total. The molecule has 4 rings (SSSR count). The van der Waals surface area contributed by atoms with E-state index < -0.39 is 4.92 Å². The molecule has 0 spiro atoms. The Balaban J connectivity index is 2.01. The van der Waals surface area contributed by atoms with Crippen molar-refractivity contribution in [3.05, 3.63) is 87.0 Å². The Labute approximate surface area is 160 Å². The molecule has 0 amide bonds. The molecule has 2 aromatic heterocycles. The van der Waals surface area contributed by atoms with Gasteiger partial charge in [-0.2, -0.15) is 0 Å². The van der Waals surface area contributed by atoms with Gasteiger partial charge in [-0.25, -0.2) is 0 Å². The molecule has 0 saturated heterocycles. The summed E-state index contributed by atoms with van der Waals surface area (Å²) >= 11 is 0. The number of aromatic nitrogens is 2. The lowest BCUT2D eigenvalue weighted by Gasteiger charge is -2.14. The van der Waals surface area contributed by atoms with E-state index in [1.807, 2.05) is 30.3 Å². The van der Waals surface area contributed by atoms with E-state index in [0.717, 1.165) is 0 Å². The number of nitrogens with one attached hydrogen (secondary N) is 1. The number of para-hydroxylation sites is 1. The summed E-state index contributed by atoms with van der Waals surface area (Å²) in [4.78, 5) is 26.4. The van der Waals surface area contributed by atoms with Crippen LogP contribution in [0.4, 0.5) is 5.69 Å². The maximum absolute atomic E-state index is 12.4. The van der Waals surface area contributed by atoms with Crippen LogP contribution in [0.25, 0.3) is 22.0 Å². The monoisotopic (exact) mass is 375 g/mol. The molecule has 140 valence electrons. The standard InChI is InChI=1S/C21H17N3O4/c1-13-10-19(28-14-6-4-3-5-7-14)16(11-18(13)24(26)27)17-12-23(2)21(25)20-15(17)8-9-22-20/h3-12,22H,1-2H3. The van der Waals surface area contributed by atoms with Crippen LogP contribution in [0.1, 0.15) is 5.56 Å². The minimum atomic E-state index is -0.415. The fourth-order valence-corrected chi connectivity index (χ4v) is 3.26.